The molecule has 1 aliphatic heterocycles. The van der Waals surface area contributed by atoms with Crippen molar-refractivity contribution in [1.29, 1.82) is 0 Å². The van der Waals surface area contributed by atoms with Crippen LogP contribution in [0.2, 0.25) is 0 Å². The van der Waals surface area contributed by atoms with E-state index in [0.717, 1.165) is 19.6 Å². The van der Waals surface area contributed by atoms with Gasteiger partial charge in [0.05, 0.1) is 11.4 Å². The van der Waals surface area contributed by atoms with Gasteiger partial charge in [0.2, 0.25) is 0 Å². The van der Waals surface area contributed by atoms with E-state index in [4.69, 9.17) is 11.6 Å². The maximum atomic E-state index is 5.78. The van der Waals surface area contributed by atoms with E-state index in [1.807, 2.05) is 0 Å². The standard InChI is InChI=1S/C11H15ClN2/c1-13-8-9-14(7-6-12)11-5-3-2-4-10(11)13/h2-5H,6-9H2,1H3. The van der Waals surface area contributed by atoms with Crippen LogP contribution < -0.4 is 9.80 Å². The third-order valence-corrected chi connectivity index (χ3v) is 2.86. The lowest BCUT2D eigenvalue weighted by Gasteiger charge is -2.36. The van der Waals surface area contributed by atoms with Crippen LogP contribution >= 0.6 is 11.6 Å². The molecule has 76 valence electrons. The summed E-state index contributed by atoms with van der Waals surface area (Å²) in [5.74, 6) is 0.693. The number of nitrogens with zero attached hydrogens (tertiary/aromatic N) is 2. The second-order valence-electron chi connectivity index (χ2n) is 3.59. The van der Waals surface area contributed by atoms with E-state index >= 15 is 0 Å². The lowest BCUT2D eigenvalue weighted by atomic mass is 10.2. The molecule has 1 aliphatic rings. The fourth-order valence-electron chi connectivity index (χ4n) is 1.90. The molecule has 3 heteroatoms. The van der Waals surface area contributed by atoms with Crippen LogP contribution in [0.1, 0.15) is 0 Å². The van der Waals surface area contributed by atoms with E-state index in [0.29, 0.717) is 5.88 Å². The molecule has 2 nitrogen and oxygen atoms in total. The number of likely N-dealkylation sites (N-methyl/N-ethyl adjacent to an activating group) is 1. The normalized spacial score (nSPS) is 15.6. The van der Waals surface area contributed by atoms with Crippen LogP contribution in [0.25, 0.3) is 0 Å². The molecule has 0 unspecified atom stereocenters. The van der Waals surface area contributed by atoms with Gasteiger partial charge in [0, 0.05) is 32.6 Å². The Morgan fingerprint density at radius 3 is 2.64 bits per heavy atom. The van der Waals surface area contributed by atoms with Gasteiger partial charge in [-0.3, -0.25) is 0 Å². The first-order chi connectivity index (χ1) is 6.83. The highest BCUT2D eigenvalue weighted by atomic mass is 35.5. The van der Waals surface area contributed by atoms with Crippen LogP contribution in [0.15, 0.2) is 24.3 Å². The molecular formula is C11H15ClN2. The lowest BCUT2D eigenvalue weighted by Crippen LogP contribution is -2.40. The summed E-state index contributed by atoms with van der Waals surface area (Å²) >= 11 is 5.78. The van der Waals surface area contributed by atoms with Gasteiger partial charge >= 0.3 is 0 Å². The van der Waals surface area contributed by atoms with Gasteiger partial charge in [0.15, 0.2) is 0 Å². The molecule has 0 aromatic heterocycles. The molecule has 0 N–H and O–H groups in total. The molecule has 1 aromatic carbocycles. The van der Waals surface area contributed by atoms with Crippen LogP contribution in [0.3, 0.4) is 0 Å². The molecule has 0 radical (unpaired) electrons. The van der Waals surface area contributed by atoms with E-state index in [1.165, 1.54) is 11.4 Å². The first-order valence-electron chi connectivity index (χ1n) is 4.94. The number of hydrogen-bond acceptors (Lipinski definition) is 2. The lowest BCUT2D eigenvalue weighted by molar-refractivity contribution is 0.756. The largest absolute Gasteiger partial charge is 0.371 e. The zero-order chi connectivity index (χ0) is 9.97. The summed E-state index contributed by atoms with van der Waals surface area (Å²) in [6.45, 7) is 3.08. The highest BCUT2D eigenvalue weighted by Gasteiger charge is 2.18. The molecule has 0 amide bonds. The van der Waals surface area contributed by atoms with Crippen LogP contribution in [-0.4, -0.2) is 32.6 Å². The van der Waals surface area contributed by atoms with Gasteiger partial charge in [-0.25, -0.2) is 0 Å². The topological polar surface area (TPSA) is 6.48 Å². The number of fused-ring (bicyclic) bond motifs is 1. The molecule has 0 atom stereocenters. The quantitative estimate of drug-likeness (QED) is 0.691. The minimum Gasteiger partial charge on any atom is -0.371 e. The molecule has 0 bridgehead atoms. The Bertz CT molecular complexity index is 314. The Kier molecular flexibility index (Phi) is 2.82. The van der Waals surface area contributed by atoms with Crippen molar-refractivity contribution in [2.45, 2.75) is 0 Å². The number of halogens is 1. The third-order valence-electron chi connectivity index (χ3n) is 2.69. The summed E-state index contributed by atoms with van der Waals surface area (Å²) in [7, 11) is 2.14. The van der Waals surface area contributed by atoms with Crippen molar-refractivity contribution in [3.8, 4) is 0 Å². The zero-order valence-corrected chi connectivity index (χ0v) is 9.17. The maximum Gasteiger partial charge on any atom is 0.0605 e. The van der Waals surface area contributed by atoms with Gasteiger partial charge in [-0.1, -0.05) is 12.1 Å². The van der Waals surface area contributed by atoms with Crippen molar-refractivity contribution >= 4 is 23.0 Å². The minimum absolute atomic E-state index is 0.693. The first-order valence-corrected chi connectivity index (χ1v) is 5.47. The van der Waals surface area contributed by atoms with E-state index < -0.39 is 0 Å². The monoisotopic (exact) mass is 210 g/mol. The maximum absolute atomic E-state index is 5.78. The molecule has 0 spiro atoms. The zero-order valence-electron chi connectivity index (χ0n) is 8.41. The van der Waals surface area contributed by atoms with E-state index in [9.17, 15) is 0 Å². The van der Waals surface area contributed by atoms with Crippen molar-refractivity contribution in [3.05, 3.63) is 24.3 Å². The van der Waals surface area contributed by atoms with Crippen molar-refractivity contribution in [1.82, 2.24) is 0 Å². The average molecular weight is 211 g/mol. The van der Waals surface area contributed by atoms with E-state index in [1.54, 1.807) is 0 Å². The number of para-hydroxylation sites is 2. The molecule has 2 rings (SSSR count). The summed E-state index contributed by atoms with van der Waals surface area (Å²) < 4.78 is 0. The Balaban J connectivity index is 2.31. The Morgan fingerprint density at radius 2 is 1.93 bits per heavy atom. The summed E-state index contributed by atoms with van der Waals surface area (Å²) in [6, 6.07) is 8.49. The van der Waals surface area contributed by atoms with Gasteiger partial charge in [-0.2, -0.15) is 0 Å². The fraction of sp³-hybridized carbons (Fsp3) is 0.455. The first kappa shape index (κ1) is 9.66. The van der Waals surface area contributed by atoms with Crippen molar-refractivity contribution in [2.24, 2.45) is 0 Å². The summed E-state index contributed by atoms with van der Waals surface area (Å²) in [5.41, 5.74) is 2.62. The number of rotatable bonds is 2. The Hall–Kier alpha value is -0.890. The molecule has 0 fully saturated rings. The average Bonchev–Trinajstić information content (AvgIpc) is 2.23. The predicted molar refractivity (Wildman–Crippen MR) is 62.6 cm³/mol. The Morgan fingerprint density at radius 1 is 1.21 bits per heavy atom. The van der Waals surface area contributed by atoms with E-state index in [-0.39, 0.29) is 0 Å². The van der Waals surface area contributed by atoms with Gasteiger partial charge in [-0.15, -0.1) is 11.6 Å². The molecule has 0 saturated heterocycles. The summed E-state index contributed by atoms with van der Waals surface area (Å²) in [6.07, 6.45) is 0. The number of benzene rings is 1. The van der Waals surface area contributed by atoms with Crippen molar-refractivity contribution in [3.63, 3.8) is 0 Å². The molecular weight excluding hydrogens is 196 g/mol. The minimum atomic E-state index is 0.693. The second-order valence-corrected chi connectivity index (χ2v) is 3.96. The van der Waals surface area contributed by atoms with Crippen LogP contribution in [0.4, 0.5) is 11.4 Å². The van der Waals surface area contributed by atoms with Crippen molar-refractivity contribution in [2.75, 3.05) is 42.4 Å². The van der Waals surface area contributed by atoms with E-state index in [2.05, 4.69) is 41.1 Å². The summed E-state index contributed by atoms with van der Waals surface area (Å²) in [4.78, 5) is 4.64. The molecule has 1 heterocycles. The SMILES string of the molecule is CN1CCN(CCCl)c2ccccc21. The molecule has 0 aliphatic carbocycles. The highest BCUT2D eigenvalue weighted by Crippen LogP contribution is 2.31. The van der Waals surface area contributed by atoms with Crippen LogP contribution in [-0.2, 0) is 0 Å². The predicted octanol–water partition coefficient (Wildman–Crippen LogP) is 2.18. The molecule has 14 heavy (non-hydrogen) atoms. The van der Waals surface area contributed by atoms with Gasteiger partial charge < -0.3 is 9.80 Å². The third kappa shape index (κ3) is 1.67. The number of hydrogen-bond donors (Lipinski definition) is 0. The van der Waals surface area contributed by atoms with Crippen LogP contribution in [0, 0.1) is 0 Å². The number of alkyl halides is 1. The number of anilines is 2. The highest BCUT2D eigenvalue weighted by molar-refractivity contribution is 6.18. The fourth-order valence-corrected chi connectivity index (χ4v) is 2.10. The van der Waals surface area contributed by atoms with Crippen LogP contribution in [0.5, 0.6) is 0 Å². The molecule has 0 saturated carbocycles. The van der Waals surface area contributed by atoms with Gasteiger partial charge in [0.25, 0.3) is 0 Å². The smallest absolute Gasteiger partial charge is 0.0605 e. The van der Waals surface area contributed by atoms with Gasteiger partial charge in [-0.05, 0) is 12.1 Å². The van der Waals surface area contributed by atoms with Crippen molar-refractivity contribution < 1.29 is 0 Å². The van der Waals surface area contributed by atoms with Gasteiger partial charge in [0.1, 0.15) is 0 Å². The second kappa shape index (κ2) is 4.09. The summed E-state index contributed by atoms with van der Waals surface area (Å²) in [5, 5.41) is 0. The molecule has 1 aromatic rings. The Labute approximate surface area is 90.1 Å².